The molecule has 0 bridgehead atoms. The summed E-state index contributed by atoms with van der Waals surface area (Å²) in [6.45, 7) is 5.48. The lowest BCUT2D eigenvalue weighted by Crippen LogP contribution is -2.38. The second-order valence-corrected chi connectivity index (χ2v) is 6.50. The molecule has 1 unspecified atom stereocenters. The fraction of sp³-hybridized carbons (Fsp3) is 0.667. The second kappa shape index (κ2) is 7.26. The number of hydrogen-bond donors (Lipinski definition) is 1. The van der Waals surface area contributed by atoms with Crippen molar-refractivity contribution in [2.24, 2.45) is 5.41 Å². The minimum atomic E-state index is -0.266. The van der Waals surface area contributed by atoms with Crippen molar-refractivity contribution in [3.05, 3.63) is 29.6 Å². The first-order chi connectivity index (χ1) is 10.1. The summed E-state index contributed by atoms with van der Waals surface area (Å²) in [4.78, 5) is 0. The second-order valence-electron chi connectivity index (χ2n) is 6.50. The Bertz CT molecular complexity index is 455. The molecule has 2 rings (SSSR count). The Morgan fingerprint density at radius 2 is 2.00 bits per heavy atom. The number of halogens is 1. The molecule has 0 saturated heterocycles. The quantitative estimate of drug-likeness (QED) is 0.810. The van der Waals surface area contributed by atoms with Gasteiger partial charge in [0.1, 0.15) is 0 Å². The summed E-state index contributed by atoms with van der Waals surface area (Å²) in [6, 6.07) is 5.62. The van der Waals surface area contributed by atoms with Crippen molar-refractivity contribution >= 4 is 0 Å². The Balaban J connectivity index is 2.28. The summed E-state index contributed by atoms with van der Waals surface area (Å²) in [5, 5.41) is 3.65. The Morgan fingerprint density at radius 3 is 2.57 bits per heavy atom. The van der Waals surface area contributed by atoms with Gasteiger partial charge in [-0.25, -0.2) is 4.39 Å². The van der Waals surface area contributed by atoms with Crippen LogP contribution in [0.1, 0.15) is 64.0 Å². The van der Waals surface area contributed by atoms with Crippen molar-refractivity contribution in [2.75, 3.05) is 13.7 Å². The van der Waals surface area contributed by atoms with E-state index in [-0.39, 0.29) is 17.3 Å². The van der Waals surface area contributed by atoms with E-state index in [2.05, 4.69) is 19.2 Å². The standard InChI is InChI=1S/C18H28FNO/c1-4-12-20-17(18(2)10-6-5-7-11-18)14-8-9-16(21-3)15(19)13-14/h8-9,13,17,20H,4-7,10-12H2,1-3H3. The van der Waals surface area contributed by atoms with Crippen LogP contribution < -0.4 is 10.1 Å². The average molecular weight is 293 g/mol. The van der Waals surface area contributed by atoms with Gasteiger partial charge in [-0.05, 0) is 48.9 Å². The van der Waals surface area contributed by atoms with Crippen molar-refractivity contribution in [1.82, 2.24) is 5.32 Å². The molecule has 1 aromatic carbocycles. The van der Waals surface area contributed by atoms with E-state index in [1.807, 2.05) is 6.07 Å². The summed E-state index contributed by atoms with van der Waals surface area (Å²) in [5.74, 6) is 0.0551. The van der Waals surface area contributed by atoms with Crippen LogP contribution >= 0.6 is 0 Å². The molecule has 1 aromatic rings. The predicted octanol–water partition coefficient (Wildman–Crippen LogP) is 4.85. The van der Waals surface area contributed by atoms with E-state index in [0.29, 0.717) is 5.75 Å². The van der Waals surface area contributed by atoms with E-state index < -0.39 is 0 Å². The first-order valence-corrected chi connectivity index (χ1v) is 8.17. The largest absolute Gasteiger partial charge is 0.494 e. The Hall–Kier alpha value is -1.09. The molecule has 1 aliphatic rings. The lowest BCUT2D eigenvalue weighted by Gasteiger charge is -2.41. The maximum Gasteiger partial charge on any atom is 0.165 e. The molecule has 0 heterocycles. The van der Waals surface area contributed by atoms with Gasteiger partial charge in [0.25, 0.3) is 0 Å². The number of methoxy groups -OCH3 is 1. The van der Waals surface area contributed by atoms with Crippen molar-refractivity contribution in [2.45, 2.75) is 58.4 Å². The van der Waals surface area contributed by atoms with Crippen molar-refractivity contribution in [3.8, 4) is 5.75 Å². The third-order valence-corrected chi connectivity index (χ3v) is 4.80. The fourth-order valence-electron chi connectivity index (χ4n) is 3.57. The van der Waals surface area contributed by atoms with E-state index in [0.717, 1.165) is 18.5 Å². The van der Waals surface area contributed by atoms with Gasteiger partial charge >= 0.3 is 0 Å². The first kappa shape index (κ1) is 16.3. The molecular weight excluding hydrogens is 265 g/mol. The molecule has 1 saturated carbocycles. The highest BCUT2D eigenvalue weighted by Gasteiger charge is 2.36. The lowest BCUT2D eigenvalue weighted by molar-refractivity contribution is 0.144. The van der Waals surface area contributed by atoms with Gasteiger partial charge < -0.3 is 10.1 Å². The molecule has 3 heteroatoms. The zero-order valence-electron chi connectivity index (χ0n) is 13.5. The van der Waals surface area contributed by atoms with E-state index in [1.165, 1.54) is 39.2 Å². The molecule has 1 aliphatic carbocycles. The third-order valence-electron chi connectivity index (χ3n) is 4.80. The molecule has 1 N–H and O–H groups in total. The van der Waals surface area contributed by atoms with Crippen LogP contribution in [0.5, 0.6) is 5.75 Å². The fourth-order valence-corrected chi connectivity index (χ4v) is 3.57. The van der Waals surface area contributed by atoms with Crippen LogP contribution in [0.25, 0.3) is 0 Å². The highest BCUT2D eigenvalue weighted by molar-refractivity contribution is 5.32. The molecule has 21 heavy (non-hydrogen) atoms. The average Bonchev–Trinajstić information content (AvgIpc) is 2.48. The number of nitrogens with one attached hydrogen (secondary N) is 1. The van der Waals surface area contributed by atoms with E-state index in [4.69, 9.17) is 4.74 Å². The summed E-state index contributed by atoms with van der Waals surface area (Å²) in [6.07, 6.45) is 7.39. The maximum atomic E-state index is 14.1. The Kier molecular flexibility index (Phi) is 5.63. The first-order valence-electron chi connectivity index (χ1n) is 8.17. The van der Waals surface area contributed by atoms with Crippen LogP contribution in [0.4, 0.5) is 4.39 Å². The zero-order chi connectivity index (χ0) is 15.3. The molecule has 1 atom stereocenters. The predicted molar refractivity (Wildman–Crippen MR) is 85.2 cm³/mol. The van der Waals surface area contributed by atoms with Gasteiger partial charge in [-0.15, -0.1) is 0 Å². The monoisotopic (exact) mass is 293 g/mol. The van der Waals surface area contributed by atoms with Crippen LogP contribution in [0.2, 0.25) is 0 Å². The van der Waals surface area contributed by atoms with Gasteiger partial charge in [0, 0.05) is 6.04 Å². The summed E-state index contributed by atoms with van der Waals surface area (Å²) >= 11 is 0. The maximum absolute atomic E-state index is 14.1. The molecule has 0 spiro atoms. The highest BCUT2D eigenvalue weighted by Crippen LogP contribution is 2.46. The van der Waals surface area contributed by atoms with E-state index >= 15 is 0 Å². The summed E-state index contributed by atoms with van der Waals surface area (Å²) in [7, 11) is 1.51. The number of ether oxygens (including phenoxy) is 1. The number of rotatable bonds is 6. The van der Waals surface area contributed by atoms with Gasteiger partial charge in [0.05, 0.1) is 7.11 Å². The van der Waals surface area contributed by atoms with Crippen LogP contribution in [-0.2, 0) is 0 Å². The summed E-state index contributed by atoms with van der Waals surface area (Å²) < 4.78 is 19.1. The van der Waals surface area contributed by atoms with Crippen molar-refractivity contribution in [3.63, 3.8) is 0 Å². The summed E-state index contributed by atoms with van der Waals surface area (Å²) in [5.41, 5.74) is 1.26. The number of benzene rings is 1. The van der Waals surface area contributed by atoms with Crippen LogP contribution in [0, 0.1) is 11.2 Å². The van der Waals surface area contributed by atoms with Crippen LogP contribution in [-0.4, -0.2) is 13.7 Å². The molecule has 0 radical (unpaired) electrons. The van der Waals surface area contributed by atoms with Crippen LogP contribution in [0.15, 0.2) is 18.2 Å². The zero-order valence-corrected chi connectivity index (χ0v) is 13.5. The molecular formula is C18H28FNO. The van der Waals surface area contributed by atoms with Crippen molar-refractivity contribution in [1.29, 1.82) is 0 Å². The highest BCUT2D eigenvalue weighted by atomic mass is 19.1. The van der Waals surface area contributed by atoms with E-state index in [9.17, 15) is 4.39 Å². The SMILES string of the molecule is CCCNC(c1ccc(OC)c(F)c1)C1(C)CCCCC1. The molecule has 2 nitrogen and oxygen atoms in total. The molecule has 118 valence electrons. The normalized spacial score (nSPS) is 19.2. The van der Waals surface area contributed by atoms with Gasteiger partial charge in [0.15, 0.2) is 11.6 Å². The lowest BCUT2D eigenvalue weighted by atomic mass is 9.68. The Morgan fingerprint density at radius 1 is 1.29 bits per heavy atom. The van der Waals surface area contributed by atoms with Gasteiger partial charge in [-0.3, -0.25) is 0 Å². The number of hydrogen-bond acceptors (Lipinski definition) is 2. The topological polar surface area (TPSA) is 21.3 Å². The minimum Gasteiger partial charge on any atom is -0.494 e. The molecule has 0 aromatic heterocycles. The molecule has 1 fully saturated rings. The van der Waals surface area contributed by atoms with Gasteiger partial charge in [-0.2, -0.15) is 0 Å². The minimum absolute atomic E-state index is 0.217. The van der Waals surface area contributed by atoms with Crippen molar-refractivity contribution < 1.29 is 9.13 Å². The Labute approximate surface area is 128 Å². The van der Waals surface area contributed by atoms with Crippen LogP contribution in [0.3, 0.4) is 0 Å². The van der Waals surface area contributed by atoms with Gasteiger partial charge in [-0.1, -0.05) is 39.2 Å². The molecule has 0 aliphatic heterocycles. The van der Waals surface area contributed by atoms with Gasteiger partial charge in [0.2, 0.25) is 0 Å². The van der Waals surface area contributed by atoms with E-state index in [1.54, 1.807) is 12.1 Å². The smallest absolute Gasteiger partial charge is 0.165 e. The third kappa shape index (κ3) is 3.76. The molecule has 0 amide bonds.